The van der Waals surface area contributed by atoms with E-state index in [2.05, 4.69) is 20.9 Å². The maximum Gasteiger partial charge on any atom is 0.0760 e. The summed E-state index contributed by atoms with van der Waals surface area (Å²) in [5.74, 6) is 0. The van der Waals surface area contributed by atoms with Crippen LogP contribution in [0.15, 0.2) is 47.1 Å². The number of pyridine rings is 1. The topological polar surface area (TPSA) is 38.9 Å². The van der Waals surface area contributed by atoms with E-state index in [0.29, 0.717) is 5.02 Å². The molecule has 1 aromatic carbocycles. The first-order chi connectivity index (χ1) is 8.16. The van der Waals surface area contributed by atoms with Crippen LogP contribution in [0.3, 0.4) is 0 Å². The fourth-order valence-corrected chi connectivity index (χ4v) is 2.17. The monoisotopic (exact) mass is 310 g/mol. The fourth-order valence-electron chi connectivity index (χ4n) is 1.64. The molecule has 0 radical (unpaired) electrons. The van der Waals surface area contributed by atoms with Gasteiger partial charge in [0.2, 0.25) is 0 Å². The molecule has 0 bridgehead atoms. The van der Waals surface area contributed by atoms with Crippen molar-refractivity contribution in [2.24, 2.45) is 5.73 Å². The second-order valence-corrected chi connectivity index (χ2v) is 5.13. The molecule has 2 nitrogen and oxygen atoms in total. The molecule has 1 heterocycles. The van der Waals surface area contributed by atoms with E-state index in [-0.39, 0.29) is 6.04 Å². The Balaban J connectivity index is 2.14. The molecule has 1 aromatic heterocycles. The van der Waals surface area contributed by atoms with E-state index in [0.717, 1.165) is 16.6 Å². The van der Waals surface area contributed by atoms with E-state index in [1.54, 1.807) is 12.3 Å². The molecular weight excluding hydrogens is 300 g/mol. The van der Waals surface area contributed by atoms with Gasteiger partial charge >= 0.3 is 0 Å². The fraction of sp³-hybridized carbons (Fsp3) is 0.154. The van der Waals surface area contributed by atoms with Crippen molar-refractivity contribution in [1.82, 2.24) is 4.98 Å². The van der Waals surface area contributed by atoms with Crippen molar-refractivity contribution in [2.75, 3.05) is 0 Å². The number of hydrogen-bond acceptors (Lipinski definition) is 2. The second kappa shape index (κ2) is 5.63. The zero-order chi connectivity index (χ0) is 12.3. The zero-order valence-corrected chi connectivity index (χ0v) is 11.4. The lowest BCUT2D eigenvalue weighted by molar-refractivity contribution is 0.697. The van der Waals surface area contributed by atoms with Gasteiger partial charge in [-0.1, -0.05) is 39.7 Å². The molecule has 0 saturated carbocycles. The lowest BCUT2D eigenvalue weighted by atomic mass is 10.0. The van der Waals surface area contributed by atoms with Crippen LogP contribution in [0, 0.1) is 0 Å². The van der Waals surface area contributed by atoms with Crippen molar-refractivity contribution < 1.29 is 0 Å². The van der Waals surface area contributed by atoms with E-state index < -0.39 is 0 Å². The summed E-state index contributed by atoms with van der Waals surface area (Å²) in [6, 6.07) is 11.5. The number of nitrogens with two attached hydrogens (primary N) is 1. The lowest BCUT2D eigenvalue weighted by Crippen LogP contribution is -2.15. The molecule has 0 amide bonds. The van der Waals surface area contributed by atoms with Crippen LogP contribution in [-0.4, -0.2) is 4.98 Å². The Kier molecular flexibility index (Phi) is 4.15. The first-order valence-electron chi connectivity index (χ1n) is 5.27. The van der Waals surface area contributed by atoms with Crippen LogP contribution in [0.4, 0.5) is 0 Å². The van der Waals surface area contributed by atoms with Gasteiger partial charge in [-0.3, -0.25) is 4.98 Å². The van der Waals surface area contributed by atoms with Crippen molar-refractivity contribution in [2.45, 2.75) is 12.5 Å². The quantitative estimate of drug-likeness (QED) is 0.938. The minimum Gasteiger partial charge on any atom is -0.322 e. The van der Waals surface area contributed by atoms with Gasteiger partial charge in [0.15, 0.2) is 0 Å². The Labute approximate surface area is 114 Å². The Morgan fingerprint density at radius 2 is 1.94 bits per heavy atom. The summed E-state index contributed by atoms with van der Waals surface area (Å²) in [6.45, 7) is 0. The third kappa shape index (κ3) is 3.28. The molecule has 2 rings (SSSR count). The zero-order valence-electron chi connectivity index (χ0n) is 9.11. The highest BCUT2D eigenvalue weighted by atomic mass is 79.9. The minimum absolute atomic E-state index is 0.176. The average Bonchev–Trinajstić information content (AvgIpc) is 2.32. The van der Waals surface area contributed by atoms with Gasteiger partial charge in [0.25, 0.3) is 0 Å². The third-order valence-corrected chi connectivity index (χ3v) is 3.36. The molecular formula is C13H12BrClN2. The van der Waals surface area contributed by atoms with Crippen LogP contribution >= 0.6 is 27.5 Å². The Morgan fingerprint density at radius 3 is 2.59 bits per heavy atom. The van der Waals surface area contributed by atoms with E-state index in [1.807, 2.05) is 30.3 Å². The predicted molar refractivity (Wildman–Crippen MR) is 74.0 cm³/mol. The normalized spacial score (nSPS) is 12.4. The Bertz CT molecular complexity index is 499. The summed E-state index contributed by atoms with van der Waals surface area (Å²) in [6.07, 6.45) is 2.44. The van der Waals surface area contributed by atoms with Crippen molar-refractivity contribution in [3.8, 4) is 0 Å². The largest absolute Gasteiger partial charge is 0.322 e. The van der Waals surface area contributed by atoms with E-state index in [1.165, 1.54) is 5.56 Å². The van der Waals surface area contributed by atoms with Crippen LogP contribution in [0.1, 0.15) is 17.3 Å². The Morgan fingerprint density at radius 1 is 1.24 bits per heavy atom. The second-order valence-electron chi connectivity index (χ2n) is 3.81. The lowest BCUT2D eigenvalue weighted by Gasteiger charge is -2.12. The molecule has 0 spiro atoms. The van der Waals surface area contributed by atoms with Gasteiger partial charge in [-0.15, -0.1) is 0 Å². The van der Waals surface area contributed by atoms with Gasteiger partial charge in [-0.05, 0) is 36.2 Å². The highest BCUT2D eigenvalue weighted by Gasteiger charge is 2.11. The summed E-state index contributed by atoms with van der Waals surface area (Å²) >= 11 is 9.46. The van der Waals surface area contributed by atoms with Gasteiger partial charge in [0.05, 0.1) is 16.8 Å². The molecule has 2 N–H and O–H groups in total. The standard InChI is InChI=1S/C13H12BrClN2/c14-10-5-3-9(4-6-10)8-12(16)13-11(15)2-1-7-17-13/h1-7,12H,8,16H2. The molecule has 2 aromatic rings. The SMILES string of the molecule is NC(Cc1ccc(Br)cc1)c1ncccc1Cl. The summed E-state index contributed by atoms with van der Waals surface area (Å²) in [5.41, 5.74) is 8.02. The first kappa shape index (κ1) is 12.6. The smallest absolute Gasteiger partial charge is 0.0760 e. The molecule has 1 atom stereocenters. The number of nitrogens with zero attached hydrogens (tertiary/aromatic N) is 1. The average molecular weight is 312 g/mol. The number of benzene rings is 1. The summed E-state index contributed by atoms with van der Waals surface area (Å²) in [4.78, 5) is 4.23. The first-order valence-corrected chi connectivity index (χ1v) is 6.44. The van der Waals surface area contributed by atoms with Crippen LogP contribution < -0.4 is 5.73 Å². The molecule has 0 aliphatic rings. The van der Waals surface area contributed by atoms with Crippen molar-refractivity contribution >= 4 is 27.5 Å². The summed E-state index contributed by atoms with van der Waals surface area (Å²) in [7, 11) is 0. The molecule has 0 aliphatic heterocycles. The van der Waals surface area contributed by atoms with E-state index in [9.17, 15) is 0 Å². The van der Waals surface area contributed by atoms with Crippen molar-refractivity contribution in [3.05, 3.63) is 63.3 Å². The van der Waals surface area contributed by atoms with Crippen molar-refractivity contribution in [1.29, 1.82) is 0 Å². The van der Waals surface area contributed by atoms with Gasteiger partial charge < -0.3 is 5.73 Å². The summed E-state index contributed by atoms with van der Waals surface area (Å²) in [5, 5.41) is 0.622. The molecule has 0 fully saturated rings. The van der Waals surface area contributed by atoms with Crippen molar-refractivity contribution in [3.63, 3.8) is 0 Å². The number of rotatable bonds is 3. The molecule has 0 aliphatic carbocycles. The molecule has 17 heavy (non-hydrogen) atoms. The maximum absolute atomic E-state index is 6.11. The van der Waals surface area contributed by atoms with Gasteiger partial charge in [0.1, 0.15) is 0 Å². The van der Waals surface area contributed by atoms with Gasteiger partial charge in [0, 0.05) is 10.7 Å². The third-order valence-electron chi connectivity index (χ3n) is 2.51. The molecule has 0 saturated heterocycles. The number of hydrogen-bond donors (Lipinski definition) is 1. The Hall–Kier alpha value is -0.900. The molecule has 1 unspecified atom stereocenters. The van der Waals surface area contributed by atoms with Crippen LogP contribution in [0.5, 0.6) is 0 Å². The van der Waals surface area contributed by atoms with Gasteiger partial charge in [-0.2, -0.15) is 0 Å². The number of aromatic nitrogens is 1. The van der Waals surface area contributed by atoms with E-state index in [4.69, 9.17) is 17.3 Å². The highest BCUT2D eigenvalue weighted by Crippen LogP contribution is 2.22. The van der Waals surface area contributed by atoms with Crippen LogP contribution in [0.25, 0.3) is 0 Å². The number of halogens is 2. The molecule has 88 valence electrons. The minimum atomic E-state index is -0.176. The summed E-state index contributed by atoms with van der Waals surface area (Å²) < 4.78 is 1.06. The molecule has 4 heteroatoms. The van der Waals surface area contributed by atoms with Crippen LogP contribution in [0.2, 0.25) is 5.02 Å². The van der Waals surface area contributed by atoms with Gasteiger partial charge in [-0.25, -0.2) is 0 Å². The van der Waals surface area contributed by atoms with E-state index >= 15 is 0 Å². The maximum atomic E-state index is 6.11. The van der Waals surface area contributed by atoms with Crippen LogP contribution in [-0.2, 0) is 6.42 Å². The highest BCUT2D eigenvalue weighted by molar-refractivity contribution is 9.10. The predicted octanol–water partition coefficient (Wildman–Crippen LogP) is 3.74.